The summed E-state index contributed by atoms with van der Waals surface area (Å²) in [7, 11) is 1.58. The van der Waals surface area contributed by atoms with E-state index >= 15 is 0 Å². The van der Waals surface area contributed by atoms with E-state index in [1.807, 2.05) is 24.3 Å². The fourth-order valence-electron chi connectivity index (χ4n) is 3.50. The SMILES string of the molecule is COc1ccc(-c2nn(CC(=O)O)c3c2C(CC(=O)O)CCC3)cc1. The van der Waals surface area contributed by atoms with Crippen LogP contribution in [0.15, 0.2) is 24.3 Å². The first-order chi connectivity index (χ1) is 12.0. The van der Waals surface area contributed by atoms with E-state index in [0.717, 1.165) is 29.7 Å². The van der Waals surface area contributed by atoms with Gasteiger partial charge in [0.1, 0.15) is 12.3 Å². The third kappa shape index (κ3) is 3.50. The lowest BCUT2D eigenvalue weighted by atomic mass is 9.82. The molecule has 0 spiro atoms. The van der Waals surface area contributed by atoms with Crippen LogP contribution in [0.2, 0.25) is 0 Å². The van der Waals surface area contributed by atoms with Crippen molar-refractivity contribution in [1.82, 2.24) is 9.78 Å². The number of fused-ring (bicyclic) bond motifs is 1. The van der Waals surface area contributed by atoms with Crippen LogP contribution in [0.4, 0.5) is 0 Å². The maximum atomic E-state index is 11.3. The number of aliphatic carboxylic acids is 2. The summed E-state index contributed by atoms with van der Waals surface area (Å²) in [5.74, 6) is -1.26. The van der Waals surface area contributed by atoms with Gasteiger partial charge < -0.3 is 14.9 Å². The van der Waals surface area contributed by atoms with Crippen molar-refractivity contribution >= 4 is 11.9 Å². The molecule has 1 aromatic carbocycles. The van der Waals surface area contributed by atoms with Gasteiger partial charge in [0.15, 0.2) is 0 Å². The summed E-state index contributed by atoms with van der Waals surface area (Å²) in [6.45, 7) is -0.224. The van der Waals surface area contributed by atoms with Gasteiger partial charge in [0.25, 0.3) is 0 Å². The normalized spacial score (nSPS) is 16.3. The number of carboxylic acids is 2. The molecule has 1 heterocycles. The van der Waals surface area contributed by atoms with Crippen LogP contribution < -0.4 is 4.74 Å². The third-order valence-electron chi connectivity index (χ3n) is 4.54. The molecule has 2 N–H and O–H groups in total. The van der Waals surface area contributed by atoms with Crippen molar-refractivity contribution in [3.05, 3.63) is 35.5 Å². The maximum absolute atomic E-state index is 11.3. The Hall–Kier alpha value is -2.83. The molecular formula is C18H20N2O5. The Bertz CT molecular complexity index is 795. The number of methoxy groups -OCH3 is 1. The number of hydrogen-bond acceptors (Lipinski definition) is 4. The second kappa shape index (κ2) is 6.96. The van der Waals surface area contributed by atoms with E-state index in [0.29, 0.717) is 17.9 Å². The van der Waals surface area contributed by atoms with E-state index in [-0.39, 0.29) is 18.9 Å². The highest BCUT2D eigenvalue weighted by Gasteiger charge is 2.31. The highest BCUT2D eigenvalue weighted by atomic mass is 16.5. The summed E-state index contributed by atoms with van der Waals surface area (Å²) in [6.07, 6.45) is 2.33. The molecule has 1 aliphatic carbocycles. The van der Waals surface area contributed by atoms with Gasteiger partial charge in [-0.15, -0.1) is 0 Å². The largest absolute Gasteiger partial charge is 0.497 e. The second-order valence-electron chi connectivity index (χ2n) is 6.18. The van der Waals surface area contributed by atoms with Crippen LogP contribution in [0.25, 0.3) is 11.3 Å². The van der Waals surface area contributed by atoms with Gasteiger partial charge in [-0.1, -0.05) is 0 Å². The van der Waals surface area contributed by atoms with E-state index in [9.17, 15) is 14.7 Å². The molecule has 0 saturated heterocycles. The number of carbonyl (C=O) groups is 2. The van der Waals surface area contributed by atoms with E-state index in [1.54, 1.807) is 7.11 Å². The van der Waals surface area contributed by atoms with Gasteiger partial charge in [-0.3, -0.25) is 14.3 Å². The molecule has 0 saturated carbocycles. The van der Waals surface area contributed by atoms with Crippen molar-refractivity contribution < 1.29 is 24.5 Å². The van der Waals surface area contributed by atoms with Crippen LogP contribution in [0.1, 0.15) is 36.4 Å². The predicted octanol–water partition coefficient (Wildman–Crippen LogP) is 2.54. The van der Waals surface area contributed by atoms with Crippen molar-refractivity contribution in [2.75, 3.05) is 7.11 Å². The Balaban J connectivity index is 2.10. The minimum Gasteiger partial charge on any atom is -0.497 e. The zero-order valence-corrected chi connectivity index (χ0v) is 13.9. The Morgan fingerprint density at radius 2 is 1.96 bits per heavy atom. The smallest absolute Gasteiger partial charge is 0.325 e. The van der Waals surface area contributed by atoms with Crippen LogP contribution in [-0.4, -0.2) is 39.0 Å². The number of carboxylic acid groups (broad SMARTS) is 2. The van der Waals surface area contributed by atoms with Crippen LogP contribution in [0.5, 0.6) is 5.75 Å². The average molecular weight is 344 g/mol. The number of rotatable bonds is 6. The topological polar surface area (TPSA) is 102 Å². The molecule has 1 aromatic heterocycles. The van der Waals surface area contributed by atoms with E-state index < -0.39 is 11.9 Å². The Morgan fingerprint density at radius 1 is 1.24 bits per heavy atom. The maximum Gasteiger partial charge on any atom is 0.325 e. The first-order valence-electron chi connectivity index (χ1n) is 8.17. The van der Waals surface area contributed by atoms with Gasteiger partial charge in [0.2, 0.25) is 0 Å². The minimum atomic E-state index is -0.966. The molecule has 3 rings (SSSR count). The molecule has 1 aliphatic rings. The molecule has 0 fully saturated rings. The third-order valence-corrected chi connectivity index (χ3v) is 4.54. The molecule has 0 aliphatic heterocycles. The molecule has 0 bridgehead atoms. The standard InChI is InChI=1S/C18H20N2O5/c1-25-13-7-5-11(6-8-13)18-17-12(9-15(21)22)3-2-4-14(17)20(19-18)10-16(23)24/h5-8,12H,2-4,9-10H2,1H3,(H,21,22)(H,23,24). The molecule has 0 radical (unpaired) electrons. The summed E-state index contributed by atoms with van der Waals surface area (Å²) in [6, 6.07) is 7.35. The molecule has 1 unspecified atom stereocenters. The van der Waals surface area contributed by atoms with Crippen LogP contribution in [0, 0.1) is 0 Å². The number of nitrogens with zero attached hydrogens (tertiary/aromatic N) is 2. The molecule has 132 valence electrons. The Morgan fingerprint density at radius 3 is 2.56 bits per heavy atom. The van der Waals surface area contributed by atoms with Crippen molar-refractivity contribution in [2.45, 2.75) is 38.1 Å². The zero-order chi connectivity index (χ0) is 18.0. The molecule has 7 nitrogen and oxygen atoms in total. The van der Waals surface area contributed by atoms with Crippen molar-refractivity contribution in [2.24, 2.45) is 0 Å². The van der Waals surface area contributed by atoms with Gasteiger partial charge in [-0.2, -0.15) is 5.10 Å². The fraction of sp³-hybridized carbons (Fsp3) is 0.389. The number of benzene rings is 1. The van der Waals surface area contributed by atoms with Crippen molar-refractivity contribution in [1.29, 1.82) is 0 Å². The zero-order valence-electron chi connectivity index (χ0n) is 13.9. The van der Waals surface area contributed by atoms with Crippen LogP contribution >= 0.6 is 0 Å². The molecular weight excluding hydrogens is 324 g/mol. The number of aromatic nitrogens is 2. The molecule has 1 atom stereocenters. The minimum absolute atomic E-state index is 0.0227. The number of ether oxygens (including phenoxy) is 1. The van der Waals surface area contributed by atoms with E-state index in [2.05, 4.69) is 5.10 Å². The fourth-order valence-corrected chi connectivity index (χ4v) is 3.50. The van der Waals surface area contributed by atoms with Gasteiger partial charge in [0, 0.05) is 16.8 Å². The first-order valence-corrected chi connectivity index (χ1v) is 8.17. The quantitative estimate of drug-likeness (QED) is 0.835. The molecule has 7 heteroatoms. The lowest BCUT2D eigenvalue weighted by Gasteiger charge is -2.22. The van der Waals surface area contributed by atoms with Gasteiger partial charge >= 0.3 is 11.9 Å². The average Bonchev–Trinajstić information content (AvgIpc) is 2.93. The van der Waals surface area contributed by atoms with E-state index in [1.165, 1.54) is 4.68 Å². The highest BCUT2D eigenvalue weighted by molar-refractivity contribution is 5.72. The lowest BCUT2D eigenvalue weighted by Crippen LogP contribution is -2.18. The van der Waals surface area contributed by atoms with E-state index in [4.69, 9.17) is 9.84 Å². The van der Waals surface area contributed by atoms with Gasteiger partial charge in [0.05, 0.1) is 19.2 Å². The summed E-state index contributed by atoms with van der Waals surface area (Å²) in [5.41, 5.74) is 3.22. The Labute approximate surface area is 144 Å². The summed E-state index contributed by atoms with van der Waals surface area (Å²) in [4.78, 5) is 22.4. The molecule has 2 aromatic rings. The van der Waals surface area contributed by atoms with Gasteiger partial charge in [-0.25, -0.2) is 0 Å². The highest BCUT2D eigenvalue weighted by Crippen LogP contribution is 2.40. The monoisotopic (exact) mass is 344 g/mol. The number of hydrogen-bond donors (Lipinski definition) is 2. The van der Waals surface area contributed by atoms with Crippen LogP contribution in [-0.2, 0) is 22.6 Å². The Kier molecular flexibility index (Phi) is 4.74. The van der Waals surface area contributed by atoms with Crippen molar-refractivity contribution in [3.63, 3.8) is 0 Å². The van der Waals surface area contributed by atoms with Crippen molar-refractivity contribution in [3.8, 4) is 17.0 Å². The van der Waals surface area contributed by atoms with Crippen LogP contribution in [0.3, 0.4) is 0 Å². The second-order valence-corrected chi connectivity index (χ2v) is 6.18. The molecule has 0 amide bonds. The predicted molar refractivity (Wildman–Crippen MR) is 89.8 cm³/mol. The van der Waals surface area contributed by atoms with Gasteiger partial charge in [-0.05, 0) is 49.4 Å². The first kappa shape index (κ1) is 17.0. The summed E-state index contributed by atoms with van der Waals surface area (Å²) < 4.78 is 6.67. The molecule has 25 heavy (non-hydrogen) atoms. The summed E-state index contributed by atoms with van der Waals surface area (Å²) in [5, 5.41) is 22.9. The summed E-state index contributed by atoms with van der Waals surface area (Å²) >= 11 is 0. The lowest BCUT2D eigenvalue weighted by molar-refractivity contribution is -0.138.